The lowest BCUT2D eigenvalue weighted by atomic mass is 10.2. The van der Waals surface area contributed by atoms with Crippen LogP contribution in [0, 0.1) is 0 Å². The van der Waals surface area contributed by atoms with Crippen LogP contribution < -0.4 is 15.6 Å². The SMILES string of the molecule is COc1ccc(-n2c(=O)c(Br)cc3cnc(NCC(F)(F)F)nc32)cc1. The van der Waals surface area contributed by atoms with E-state index in [2.05, 4.69) is 31.2 Å². The van der Waals surface area contributed by atoms with Gasteiger partial charge in [0.05, 0.1) is 17.3 Å². The number of fused-ring (bicyclic) bond motifs is 1. The van der Waals surface area contributed by atoms with Crippen LogP contribution in [0.2, 0.25) is 0 Å². The van der Waals surface area contributed by atoms with Crippen LogP contribution in [0.3, 0.4) is 0 Å². The van der Waals surface area contributed by atoms with E-state index in [4.69, 9.17) is 4.74 Å². The van der Waals surface area contributed by atoms with Crippen molar-refractivity contribution in [2.75, 3.05) is 19.0 Å². The number of pyridine rings is 1. The highest BCUT2D eigenvalue weighted by Crippen LogP contribution is 2.22. The molecule has 1 N–H and O–H groups in total. The number of alkyl halides is 3. The molecular weight excluding hydrogens is 417 g/mol. The normalized spacial score (nSPS) is 11.6. The van der Waals surface area contributed by atoms with E-state index in [0.29, 0.717) is 16.8 Å². The maximum Gasteiger partial charge on any atom is 0.405 e. The first-order valence-corrected chi connectivity index (χ1v) is 8.11. The maximum atomic E-state index is 12.6. The number of methoxy groups -OCH3 is 1. The zero-order chi connectivity index (χ0) is 18.9. The van der Waals surface area contributed by atoms with Crippen LogP contribution in [0.4, 0.5) is 19.1 Å². The summed E-state index contributed by atoms with van der Waals surface area (Å²) in [5, 5.41) is 2.60. The number of halogens is 4. The molecule has 0 aliphatic rings. The minimum atomic E-state index is -4.41. The predicted molar refractivity (Wildman–Crippen MR) is 93.9 cm³/mol. The monoisotopic (exact) mass is 428 g/mol. The molecule has 3 aromatic rings. The number of ether oxygens (including phenoxy) is 1. The van der Waals surface area contributed by atoms with Crippen molar-refractivity contribution in [2.24, 2.45) is 0 Å². The second-order valence-electron chi connectivity index (χ2n) is 5.27. The lowest BCUT2D eigenvalue weighted by Gasteiger charge is -2.13. The lowest BCUT2D eigenvalue weighted by molar-refractivity contribution is -0.115. The molecule has 0 spiro atoms. The van der Waals surface area contributed by atoms with Crippen molar-refractivity contribution >= 4 is 32.9 Å². The van der Waals surface area contributed by atoms with Gasteiger partial charge in [-0.15, -0.1) is 0 Å². The Bertz CT molecular complexity index is 1000. The Balaban J connectivity index is 2.15. The number of hydrogen-bond acceptors (Lipinski definition) is 5. The van der Waals surface area contributed by atoms with Crippen LogP contribution in [0.1, 0.15) is 0 Å². The summed E-state index contributed by atoms with van der Waals surface area (Å²) < 4.78 is 43.8. The van der Waals surface area contributed by atoms with Gasteiger partial charge in [-0.25, -0.2) is 4.98 Å². The Morgan fingerprint density at radius 2 is 1.96 bits per heavy atom. The minimum Gasteiger partial charge on any atom is -0.497 e. The molecule has 0 fully saturated rings. The molecule has 2 heterocycles. The van der Waals surface area contributed by atoms with Crippen LogP contribution in [-0.2, 0) is 0 Å². The molecule has 1 aromatic carbocycles. The molecule has 0 radical (unpaired) electrons. The third kappa shape index (κ3) is 3.79. The first kappa shape index (κ1) is 18.2. The molecule has 0 bridgehead atoms. The summed E-state index contributed by atoms with van der Waals surface area (Å²) in [7, 11) is 1.52. The fourth-order valence-corrected chi connectivity index (χ4v) is 2.72. The number of aromatic nitrogens is 3. The van der Waals surface area contributed by atoms with Gasteiger partial charge < -0.3 is 10.1 Å². The van der Waals surface area contributed by atoms with Gasteiger partial charge in [-0.3, -0.25) is 9.36 Å². The standard InChI is InChI=1S/C16H12BrF3N4O2/c1-26-11-4-2-10(3-5-11)24-13-9(6-12(17)14(24)25)7-21-15(23-13)22-8-16(18,19)20/h2-7H,8H2,1H3,(H,21,22,23). The van der Waals surface area contributed by atoms with E-state index in [1.807, 2.05) is 0 Å². The highest BCUT2D eigenvalue weighted by molar-refractivity contribution is 9.10. The molecule has 6 nitrogen and oxygen atoms in total. The second kappa shape index (κ2) is 6.94. The summed E-state index contributed by atoms with van der Waals surface area (Å²) in [6, 6.07) is 8.15. The Morgan fingerprint density at radius 3 is 2.58 bits per heavy atom. The predicted octanol–water partition coefficient (Wildman–Crippen LogP) is 3.53. The molecule has 2 aromatic heterocycles. The molecule has 0 aliphatic carbocycles. The van der Waals surface area contributed by atoms with Crippen LogP contribution in [0.15, 0.2) is 45.8 Å². The third-order valence-electron chi connectivity index (χ3n) is 3.47. The molecule has 26 heavy (non-hydrogen) atoms. The van der Waals surface area contributed by atoms with E-state index >= 15 is 0 Å². The maximum absolute atomic E-state index is 12.6. The van der Waals surface area contributed by atoms with Crippen LogP contribution in [-0.4, -0.2) is 34.4 Å². The van der Waals surface area contributed by atoms with E-state index in [-0.39, 0.29) is 16.1 Å². The van der Waals surface area contributed by atoms with Crippen molar-refractivity contribution in [1.82, 2.24) is 14.5 Å². The molecule has 0 saturated carbocycles. The Labute approximate surface area is 153 Å². The van der Waals surface area contributed by atoms with Gasteiger partial charge in [0.1, 0.15) is 12.3 Å². The quantitative estimate of drug-likeness (QED) is 0.688. The number of nitrogens with zero attached hydrogens (tertiary/aromatic N) is 3. The van der Waals surface area contributed by atoms with Crippen molar-refractivity contribution in [2.45, 2.75) is 6.18 Å². The van der Waals surface area contributed by atoms with Crippen molar-refractivity contribution in [3.63, 3.8) is 0 Å². The van der Waals surface area contributed by atoms with Crippen molar-refractivity contribution in [3.8, 4) is 11.4 Å². The highest BCUT2D eigenvalue weighted by atomic mass is 79.9. The molecule has 0 saturated heterocycles. The Morgan fingerprint density at radius 1 is 1.27 bits per heavy atom. The number of anilines is 1. The van der Waals surface area contributed by atoms with Gasteiger partial charge in [-0.1, -0.05) is 0 Å². The van der Waals surface area contributed by atoms with Gasteiger partial charge in [0.15, 0.2) is 5.65 Å². The van der Waals surface area contributed by atoms with Crippen LogP contribution in [0.25, 0.3) is 16.7 Å². The zero-order valence-electron chi connectivity index (χ0n) is 13.3. The average molecular weight is 429 g/mol. The largest absolute Gasteiger partial charge is 0.497 e. The summed E-state index contributed by atoms with van der Waals surface area (Å²) >= 11 is 3.19. The summed E-state index contributed by atoms with van der Waals surface area (Å²) in [6.07, 6.45) is -3.06. The van der Waals surface area contributed by atoms with Crippen molar-refractivity contribution < 1.29 is 17.9 Å². The molecule has 0 amide bonds. The Hall–Kier alpha value is -2.62. The van der Waals surface area contributed by atoms with Gasteiger partial charge in [0.25, 0.3) is 5.56 Å². The third-order valence-corrected chi connectivity index (χ3v) is 4.04. The van der Waals surface area contributed by atoms with Gasteiger partial charge in [0, 0.05) is 11.6 Å². The van der Waals surface area contributed by atoms with Crippen molar-refractivity contribution in [1.29, 1.82) is 0 Å². The molecule has 0 aliphatic heterocycles. The van der Waals surface area contributed by atoms with E-state index in [9.17, 15) is 18.0 Å². The number of hydrogen-bond donors (Lipinski definition) is 1. The lowest BCUT2D eigenvalue weighted by Crippen LogP contribution is -2.23. The van der Waals surface area contributed by atoms with Crippen LogP contribution >= 0.6 is 15.9 Å². The number of nitrogens with one attached hydrogen (secondary N) is 1. The number of rotatable bonds is 4. The second-order valence-corrected chi connectivity index (χ2v) is 6.13. The first-order valence-electron chi connectivity index (χ1n) is 7.32. The smallest absolute Gasteiger partial charge is 0.405 e. The Kier molecular flexibility index (Phi) is 4.86. The zero-order valence-corrected chi connectivity index (χ0v) is 14.9. The first-order chi connectivity index (χ1) is 12.3. The van der Waals surface area contributed by atoms with Gasteiger partial charge in [0.2, 0.25) is 5.95 Å². The van der Waals surface area contributed by atoms with Crippen molar-refractivity contribution in [3.05, 3.63) is 51.4 Å². The topological polar surface area (TPSA) is 69.0 Å². The summed E-state index contributed by atoms with van der Waals surface area (Å²) in [4.78, 5) is 20.5. The van der Waals surface area contributed by atoms with Gasteiger partial charge >= 0.3 is 6.18 Å². The fraction of sp³-hybridized carbons (Fsp3) is 0.188. The van der Waals surface area contributed by atoms with E-state index in [1.165, 1.54) is 23.9 Å². The fourth-order valence-electron chi connectivity index (χ4n) is 2.30. The van der Waals surface area contributed by atoms with E-state index in [0.717, 1.165) is 0 Å². The summed E-state index contributed by atoms with van der Waals surface area (Å²) in [5.74, 6) is 0.377. The van der Waals surface area contributed by atoms with E-state index < -0.39 is 18.3 Å². The average Bonchev–Trinajstić information content (AvgIpc) is 2.61. The molecule has 0 atom stereocenters. The molecule has 3 rings (SSSR count). The summed E-state index contributed by atoms with van der Waals surface area (Å²) in [6.45, 7) is -1.28. The molecule has 0 unspecified atom stereocenters. The van der Waals surface area contributed by atoms with Gasteiger partial charge in [-0.05, 0) is 46.3 Å². The van der Waals surface area contributed by atoms with Gasteiger partial charge in [-0.2, -0.15) is 18.2 Å². The molecule has 10 heteroatoms. The van der Waals surface area contributed by atoms with E-state index in [1.54, 1.807) is 24.3 Å². The highest BCUT2D eigenvalue weighted by Gasteiger charge is 2.27. The minimum absolute atomic E-state index is 0.183. The summed E-state index contributed by atoms with van der Waals surface area (Å²) in [5.41, 5.74) is 0.272. The molecule has 136 valence electrons. The van der Waals surface area contributed by atoms with Crippen LogP contribution in [0.5, 0.6) is 5.75 Å². The number of benzene rings is 1. The molecular formula is C16H12BrF3N4O2.